The topological polar surface area (TPSA) is 78.9 Å². The van der Waals surface area contributed by atoms with E-state index in [1.165, 1.54) is 0 Å². The second-order valence-electron chi connectivity index (χ2n) is 5.81. The van der Waals surface area contributed by atoms with Crippen molar-refractivity contribution < 1.29 is 0 Å². The van der Waals surface area contributed by atoms with Crippen molar-refractivity contribution in [1.29, 1.82) is 0 Å². The summed E-state index contributed by atoms with van der Waals surface area (Å²) in [5.41, 5.74) is 2.19. The molecule has 0 aliphatic rings. The van der Waals surface area contributed by atoms with Crippen molar-refractivity contribution in [2.75, 3.05) is 11.9 Å². The standard InChI is InChI=1S/C17H20Cl2N6/c1-11(2)10-25(24-23-20)12(3)13-8-16(19)17(21-9-13)22-15-6-4-14(18)5-7-15/h4-9,11H,3,10H2,1-2H3,(H2,20,24)(H,21,22). The van der Waals surface area contributed by atoms with Crippen molar-refractivity contribution in [2.24, 2.45) is 22.2 Å². The number of benzene rings is 1. The Balaban J connectivity index is 2.19. The number of aromatic nitrogens is 1. The molecule has 1 aromatic carbocycles. The van der Waals surface area contributed by atoms with Crippen molar-refractivity contribution in [1.82, 2.24) is 9.99 Å². The molecule has 0 fully saturated rings. The molecule has 0 saturated heterocycles. The van der Waals surface area contributed by atoms with E-state index in [1.54, 1.807) is 29.4 Å². The Morgan fingerprint density at radius 1 is 1.32 bits per heavy atom. The van der Waals surface area contributed by atoms with Crippen LogP contribution in [0.2, 0.25) is 10.0 Å². The molecule has 0 unspecified atom stereocenters. The number of hydrogen-bond donors (Lipinski definition) is 2. The number of nitrogens with one attached hydrogen (secondary N) is 1. The van der Waals surface area contributed by atoms with Gasteiger partial charge < -0.3 is 11.2 Å². The lowest BCUT2D eigenvalue weighted by Gasteiger charge is -2.22. The number of anilines is 2. The molecule has 25 heavy (non-hydrogen) atoms. The fourth-order valence-electron chi connectivity index (χ4n) is 2.12. The Labute approximate surface area is 157 Å². The van der Waals surface area contributed by atoms with Gasteiger partial charge in [-0.3, -0.25) is 0 Å². The SMILES string of the molecule is C=C(c1cnc(Nc2ccc(Cl)cc2)c(Cl)c1)N(CC(C)C)/N=N\N. The molecule has 1 aromatic heterocycles. The molecular formula is C17H20Cl2N6. The fourth-order valence-corrected chi connectivity index (χ4v) is 2.46. The van der Waals surface area contributed by atoms with Gasteiger partial charge >= 0.3 is 0 Å². The van der Waals surface area contributed by atoms with E-state index in [2.05, 4.69) is 41.2 Å². The highest BCUT2D eigenvalue weighted by Crippen LogP contribution is 2.28. The summed E-state index contributed by atoms with van der Waals surface area (Å²) in [7, 11) is 0. The second kappa shape index (κ2) is 8.69. The largest absolute Gasteiger partial charge is 0.339 e. The molecule has 0 atom stereocenters. The summed E-state index contributed by atoms with van der Waals surface area (Å²) in [6.07, 6.45) is 1.67. The molecule has 3 N–H and O–H groups in total. The molecule has 0 spiro atoms. The third kappa shape index (κ3) is 5.34. The van der Waals surface area contributed by atoms with E-state index < -0.39 is 0 Å². The zero-order chi connectivity index (χ0) is 18.4. The molecular weight excluding hydrogens is 359 g/mol. The van der Waals surface area contributed by atoms with Gasteiger partial charge in [-0.25, -0.2) is 9.99 Å². The molecule has 0 bridgehead atoms. The van der Waals surface area contributed by atoms with E-state index in [4.69, 9.17) is 29.0 Å². The van der Waals surface area contributed by atoms with Crippen molar-refractivity contribution in [3.05, 3.63) is 58.7 Å². The van der Waals surface area contributed by atoms with E-state index >= 15 is 0 Å². The van der Waals surface area contributed by atoms with Crippen LogP contribution in [-0.2, 0) is 0 Å². The van der Waals surface area contributed by atoms with Gasteiger partial charge in [0, 0.05) is 29.0 Å². The minimum atomic E-state index is 0.358. The molecule has 0 aliphatic carbocycles. The first-order valence-corrected chi connectivity index (χ1v) is 8.42. The summed E-state index contributed by atoms with van der Waals surface area (Å²) >= 11 is 12.2. The fraction of sp³-hybridized carbons (Fsp3) is 0.235. The van der Waals surface area contributed by atoms with Gasteiger partial charge in [0.25, 0.3) is 0 Å². The van der Waals surface area contributed by atoms with Crippen LogP contribution in [0, 0.1) is 5.92 Å². The van der Waals surface area contributed by atoms with Crippen LogP contribution < -0.4 is 11.2 Å². The molecule has 1 heterocycles. The molecule has 8 heteroatoms. The summed E-state index contributed by atoms with van der Waals surface area (Å²) in [5.74, 6) is 6.08. The van der Waals surface area contributed by atoms with Crippen LogP contribution in [-0.4, -0.2) is 16.5 Å². The van der Waals surface area contributed by atoms with Gasteiger partial charge in [-0.1, -0.05) is 48.9 Å². The van der Waals surface area contributed by atoms with Crippen LogP contribution in [0.4, 0.5) is 11.5 Å². The average molecular weight is 379 g/mol. The summed E-state index contributed by atoms with van der Waals surface area (Å²) in [6.45, 7) is 8.80. The van der Waals surface area contributed by atoms with Gasteiger partial charge in [0.15, 0.2) is 0 Å². The highest BCUT2D eigenvalue weighted by molar-refractivity contribution is 6.33. The van der Waals surface area contributed by atoms with Crippen molar-refractivity contribution in [3.8, 4) is 0 Å². The van der Waals surface area contributed by atoms with E-state index in [0.29, 0.717) is 34.0 Å². The average Bonchev–Trinajstić information content (AvgIpc) is 2.57. The van der Waals surface area contributed by atoms with Crippen LogP contribution in [0.25, 0.3) is 5.70 Å². The first kappa shape index (κ1) is 19.0. The lowest BCUT2D eigenvalue weighted by atomic mass is 10.1. The number of pyridine rings is 1. The molecule has 0 aliphatic heterocycles. The third-order valence-corrected chi connectivity index (χ3v) is 3.83. The molecule has 2 rings (SSSR count). The monoisotopic (exact) mass is 378 g/mol. The first-order valence-electron chi connectivity index (χ1n) is 7.66. The molecule has 0 radical (unpaired) electrons. The van der Waals surface area contributed by atoms with E-state index in [-0.39, 0.29) is 0 Å². The summed E-state index contributed by atoms with van der Waals surface area (Å²) < 4.78 is 0. The van der Waals surface area contributed by atoms with Crippen LogP contribution in [0.15, 0.2) is 53.6 Å². The van der Waals surface area contributed by atoms with E-state index in [9.17, 15) is 0 Å². The van der Waals surface area contributed by atoms with E-state index in [1.807, 2.05) is 12.1 Å². The van der Waals surface area contributed by atoms with Gasteiger partial charge in [-0.15, -0.1) is 0 Å². The zero-order valence-corrected chi connectivity index (χ0v) is 15.6. The predicted molar refractivity (Wildman–Crippen MR) is 104 cm³/mol. The van der Waals surface area contributed by atoms with Crippen LogP contribution in [0.3, 0.4) is 0 Å². The van der Waals surface area contributed by atoms with Gasteiger partial charge in [0.2, 0.25) is 0 Å². The minimum Gasteiger partial charge on any atom is -0.339 e. The second-order valence-corrected chi connectivity index (χ2v) is 6.66. The van der Waals surface area contributed by atoms with E-state index in [0.717, 1.165) is 11.3 Å². The van der Waals surface area contributed by atoms with Gasteiger partial charge in [0.1, 0.15) is 5.82 Å². The quantitative estimate of drug-likeness (QED) is 0.389. The lowest BCUT2D eigenvalue weighted by Crippen LogP contribution is -2.20. The Morgan fingerprint density at radius 2 is 2.00 bits per heavy atom. The smallest absolute Gasteiger partial charge is 0.149 e. The number of halogens is 2. The van der Waals surface area contributed by atoms with Crippen molar-refractivity contribution in [3.63, 3.8) is 0 Å². The molecule has 132 valence electrons. The summed E-state index contributed by atoms with van der Waals surface area (Å²) in [6, 6.07) is 9.04. The maximum absolute atomic E-state index is 6.35. The Morgan fingerprint density at radius 3 is 2.56 bits per heavy atom. The van der Waals surface area contributed by atoms with Gasteiger partial charge in [0.05, 0.1) is 10.7 Å². The van der Waals surface area contributed by atoms with Crippen LogP contribution >= 0.6 is 23.2 Å². The van der Waals surface area contributed by atoms with Crippen LogP contribution in [0.5, 0.6) is 0 Å². The molecule has 0 saturated carbocycles. The van der Waals surface area contributed by atoms with Crippen molar-refractivity contribution in [2.45, 2.75) is 13.8 Å². The van der Waals surface area contributed by atoms with Crippen LogP contribution in [0.1, 0.15) is 19.4 Å². The molecule has 0 amide bonds. The molecule has 2 aromatic rings. The van der Waals surface area contributed by atoms with Gasteiger partial charge in [-0.2, -0.15) is 0 Å². The van der Waals surface area contributed by atoms with Gasteiger partial charge in [-0.05, 0) is 41.5 Å². The number of nitrogens with two attached hydrogens (primary N) is 1. The minimum absolute atomic E-state index is 0.358. The maximum Gasteiger partial charge on any atom is 0.149 e. The Hall–Kier alpha value is -2.31. The predicted octanol–water partition coefficient (Wildman–Crippen LogP) is 5.30. The highest BCUT2D eigenvalue weighted by atomic mass is 35.5. The lowest BCUT2D eigenvalue weighted by molar-refractivity contribution is 0.341. The normalized spacial score (nSPS) is 11.1. The molecule has 6 nitrogen and oxygen atoms in total. The number of hydrogen-bond acceptors (Lipinski definition) is 4. The zero-order valence-electron chi connectivity index (χ0n) is 14.1. The first-order chi connectivity index (χ1) is 11.9. The Kier molecular flexibility index (Phi) is 6.61. The Bertz CT molecular complexity index is 758. The summed E-state index contributed by atoms with van der Waals surface area (Å²) in [5, 5.41) is 13.2. The van der Waals surface area contributed by atoms with Crippen molar-refractivity contribution >= 4 is 40.4 Å². The maximum atomic E-state index is 6.35. The third-order valence-electron chi connectivity index (χ3n) is 3.29. The summed E-state index contributed by atoms with van der Waals surface area (Å²) in [4.78, 5) is 4.37. The number of nitrogens with zero attached hydrogens (tertiary/aromatic N) is 4. The number of rotatable bonds is 7. The highest BCUT2D eigenvalue weighted by Gasteiger charge is 2.13.